The Hall–Kier alpha value is -1.55. The van der Waals surface area contributed by atoms with Crippen LogP contribution in [0.15, 0.2) is 29.3 Å². The van der Waals surface area contributed by atoms with Crippen molar-refractivity contribution in [2.75, 3.05) is 47.4 Å². The van der Waals surface area contributed by atoms with E-state index < -0.39 is 0 Å². The fourth-order valence-corrected chi connectivity index (χ4v) is 3.25. The van der Waals surface area contributed by atoms with E-state index in [1.807, 2.05) is 24.3 Å². The van der Waals surface area contributed by atoms with E-state index in [0.29, 0.717) is 18.5 Å². The summed E-state index contributed by atoms with van der Waals surface area (Å²) in [5.41, 5.74) is 1.10. The summed E-state index contributed by atoms with van der Waals surface area (Å²) in [5, 5.41) is 6.73. The highest BCUT2D eigenvalue weighted by Gasteiger charge is 2.20. The summed E-state index contributed by atoms with van der Waals surface area (Å²) in [5.74, 6) is 1.56. The lowest BCUT2D eigenvalue weighted by Gasteiger charge is -2.33. The van der Waals surface area contributed by atoms with Crippen LogP contribution in [-0.4, -0.2) is 75.1 Å². The molecule has 1 fully saturated rings. The number of piperidine rings is 1. The van der Waals surface area contributed by atoms with Crippen LogP contribution in [-0.2, 0) is 11.3 Å². The van der Waals surface area contributed by atoms with Crippen molar-refractivity contribution >= 4 is 35.8 Å². The van der Waals surface area contributed by atoms with Gasteiger partial charge >= 0.3 is 0 Å². The Bertz CT molecular complexity index is 643. The summed E-state index contributed by atoms with van der Waals surface area (Å²) in [6.07, 6.45) is 4.69. The third kappa shape index (κ3) is 9.51. The molecule has 2 rings (SSSR count). The van der Waals surface area contributed by atoms with Gasteiger partial charge in [-0.15, -0.1) is 24.0 Å². The highest BCUT2D eigenvalue weighted by molar-refractivity contribution is 14.0. The molecule has 0 spiro atoms. The van der Waals surface area contributed by atoms with Crippen LogP contribution in [0.5, 0.6) is 5.75 Å². The Labute approximate surface area is 198 Å². The molecule has 0 atom stereocenters. The second-order valence-corrected chi connectivity index (χ2v) is 7.77. The number of aliphatic imine (C=N–C) groups is 1. The van der Waals surface area contributed by atoms with Gasteiger partial charge in [-0.25, -0.2) is 4.99 Å². The fraction of sp³-hybridized carbons (Fsp3) is 0.636. The van der Waals surface area contributed by atoms with Crippen LogP contribution < -0.4 is 15.4 Å². The molecule has 30 heavy (non-hydrogen) atoms. The van der Waals surface area contributed by atoms with Crippen molar-refractivity contribution in [2.24, 2.45) is 4.99 Å². The van der Waals surface area contributed by atoms with Crippen LogP contribution in [0.4, 0.5) is 0 Å². The SMILES string of the molecule is CCCCN1CCC(NC(=NCc2ccc(OC)cc2)NCC(=O)N(C)C)CC1.I. The molecule has 1 aliphatic rings. The fourth-order valence-electron chi connectivity index (χ4n) is 3.25. The van der Waals surface area contributed by atoms with Gasteiger partial charge in [0, 0.05) is 33.2 Å². The standard InChI is InChI=1S/C22H37N5O2.HI/c1-5-6-13-27-14-11-19(12-15-27)25-22(24-17-21(28)26(2)3)23-16-18-7-9-20(29-4)10-8-18;/h7-10,19H,5-6,11-17H2,1-4H3,(H2,23,24,25);1H. The zero-order valence-corrected chi connectivity index (χ0v) is 21.1. The molecule has 8 heteroatoms. The molecule has 1 amide bonds. The highest BCUT2D eigenvalue weighted by atomic mass is 127. The number of rotatable bonds is 9. The molecule has 7 nitrogen and oxygen atoms in total. The number of amides is 1. The molecule has 1 aliphatic heterocycles. The minimum Gasteiger partial charge on any atom is -0.497 e. The van der Waals surface area contributed by atoms with Gasteiger partial charge in [-0.1, -0.05) is 25.5 Å². The summed E-state index contributed by atoms with van der Waals surface area (Å²) in [6.45, 7) is 6.43. The number of methoxy groups -OCH3 is 1. The lowest BCUT2D eigenvalue weighted by Crippen LogP contribution is -2.50. The maximum absolute atomic E-state index is 12.0. The van der Waals surface area contributed by atoms with Crippen molar-refractivity contribution in [3.63, 3.8) is 0 Å². The Balaban J connectivity index is 0.00000450. The maximum atomic E-state index is 12.0. The van der Waals surface area contributed by atoms with Crippen molar-refractivity contribution in [1.82, 2.24) is 20.4 Å². The normalized spacial score (nSPS) is 15.3. The van der Waals surface area contributed by atoms with Gasteiger partial charge in [-0.3, -0.25) is 4.79 Å². The maximum Gasteiger partial charge on any atom is 0.241 e. The van der Waals surface area contributed by atoms with Crippen LogP contribution >= 0.6 is 24.0 Å². The van der Waals surface area contributed by atoms with Crippen LogP contribution in [0.1, 0.15) is 38.2 Å². The summed E-state index contributed by atoms with van der Waals surface area (Å²) in [4.78, 5) is 20.8. The first-order valence-corrected chi connectivity index (χ1v) is 10.6. The highest BCUT2D eigenvalue weighted by Crippen LogP contribution is 2.13. The first kappa shape index (κ1) is 26.5. The summed E-state index contributed by atoms with van der Waals surface area (Å²) >= 11 is 0. The molecule has 1 saturated heterocycles. The van der Waals surface area contributed by atoms with Crippen LogP contribution in [0.25, 0.3) is 0 Å². The average molecular weight is 531 g/mol. The Morgan fingerprint density at radius 3 is 2.47 bits per heavy atom. The molecule has 0 bridgehead atoms. The zero-order chi connectivity index (χ0) is 21.1. The number of likely N-dealkylation sites (N-methyl/N-ethyl adjacent to an activating group) is 1. The molecule has 1 aromatic rings. The molecule has 2 N–H and O–H groups in total. The molecule has 0 unspecified atom stereocenters. The molecule has 170 valence electrons. The number of hydrogen-bond donors (Lipinski definition) is 2. The Kier molecular flexibility index (Phi) is 12.8. The smallest absolute Gasteiger partial charge is 0.241 e. The van der Waals surface area contributed by atoms with Gasteiger partial charge < -0.3 is 25.2 Å². The number of hydrogen-bond acceptors (Lipinski definition) is 4. The van der Waals surface area contributed by atoms with Gasteiger partial charge in [0.25, 0.3) is 0 Å². The van der Waals surface area contributed by atoms with E-state index in [9.17, 15) is 4.79 Å². The minimum atomic E-state index is 0. The van der Waals surface area contributed by atoms with Crippen molar-refractivity contribution in [1.29, 1.82) is 0 Å². The van der Waals surface area contributed by atoms with Gasteiger partial charge in [-0.05, 0) is 43.5 Å². The van der Waals surface area contributed by atoms with E-state index in [2.05, 4.69) is 22.5 Å². The van der Waals surface area contributed by atoms with E-state index in [1.54, 1.807) is 26.1 Å². The predicted octanol–water partition coefficient (Wildman–Crippen LogP) is 2.70. The van der Waals surface area contributed by atoms with E-state index in [4.69, 9.17) is 9.73 Å². The number of nitrogens with one attached hydrogen (secondary N) is 2. The number of carbonyl (C=O) groups excluding carboxylic acids is 1. The first-order chi connectivity index (χ1) is 14.0. The van der Waals surface area contributed by atoms with Gasteiger partial charge in [0.15, 0.2) is 5.96 Å². The monoisotopic (exact) mass is 531 g/mol. The van der Waals surface area contributed by atoms with E-state index in [1.165, 1.54) is 19.4 Å². The molecule has 1 aromatic carbocycles. The van der Waals surface area contributed by atoms with E-state index >= 15 is 0 Å². The number of likely N-dealkylation sites (tertiary alicyclic amines) is 1. The number of guanidine groups is 1. The van der Waals surface area contributed by atoms with Crippen molar-refractivity contribution in [2.45, 2.75) is 45.2 Å². The Morgan fingerprint density at radius 2 is 1.90 bits per heavy atom. The number of benzene rings is 1. The third-order valence-corrected chi connectivity index (χ3v) is 5.24. The summed E-state index contributed by atoms with van der Waals surface area (Å²) in [7, 11) is 5.18. The van der Waals surface area contributed by atoms with Crippen LogP contribution in [0, 0.1) is 0 Å². The minimum absolute atomic E-state index is 0. The number of halogens is 1. The predicted molar refractivity (Wildman–Crippen MR) is 134 cm³/mol. The van der Waals surface area contributed by atoms with E-state index in [0.717, 1.165) is 37.2 Å². The summed E-state index contributed by atoms with van der Waals surface area (Å²) in [6, 6.07) is 8.28. The molecule has 0 radical (unpaired) electrons. The van der Waals surface area contributed by atoms with Crippen molar-refractivity contribution in [3.8, 4) is 5.75 Å². The Morgan fingerprint density at radius 1 is 1.23 bits per heavy atom. The zero-order valence-electron chi connectivity index (χ0n) is 18.8. The molecular formula is C22H38IN5O2. The number of carbonyl (C=O) groups is 1. The van der Waals surface area contributed by atoms with Crippen LogP contribution in [0.2, 0.25) is 0 Å². The quantitative estimate of drug-likeness (QED) is 0.292. The van der Waals surface area contributed by atoms with Gasteiger partial charge in [0.2, 0.25) is 5.91 Å². The number of nitrogens with zero attached hydrogens (tertiary/aromatic N) is 3. The van der Waals surface area contributed by atoms with Gasteiger partial charge in [0.1, 0.15) is 5.75 Å². The van der Waals surface area contributed by atoms with E-state index in [-0.39, 0.29) is 36.4 Å². The lowest BCUT2D eigenvalue weighted by atomic mass is 10.0. The number of ether oxygens (including phenoxy) is 1. The summed E-state index contributed by atoms with van der Waals surface area (Å²) < 4.78 is 5.21. The average Bonchev–Trinajstić information content (AvgIpc) is 2.75. The first-order valence-electron chi connectivity index (χ1n) is 10.6. The third-order valence-electron chi connectivity index (χ3n) is 5.24. The van der Waals surface area contributed by atoms with Crippen molar-refractivity contribution in [3.05, 3.63) is 29.8 Å². The topological polar surface area (TPSA) is 69.2 Å². The molecule has 0 saturated carbocycles. The second-order valence-electron chi connectivity index (χ2n) is 7.77. The largest absolute Gasteiger partial charge is 0.497 e. The lowest BCUT2D eigenvalue weighted by molar-refractivity contribution is -0.127. The van der Waals surface area contributed by atoms with Crippen LogP contribution in [0.3, 0.4) is 0 Å². The molecule has 1 heterocycles. The molecular weight excluding hydrogens is 493 g/mol. The van der Waals surface area contributed by atoms with Gasteiger partial charge in [-0.2, -0.15) is 0 Å². The number of unbranched alkanes of at least 4 members (excludes halogenated alkanes) is 1. The van der Waals surface area contributed by atoms with Gasteiger partial charge in [0.05, 0.1) is 20.2 Å². The molecule has 0 aromatic heterocycles. The molecule has 0 aliphatic carbocycles. The van der Waals surface area contributed by atoms with Crippen molar-refractivity contribution < 1.29 is 9.53 Å². The second kappa shape index (κ2) is 14.5.